The van der Waals surface area contributed by atoms with Crippen molar-refractivity contribution in [3.63, 3.8) is 0 Å². The van der Waals surface area contributed by atoms with Gasteiger partial charge in [-0.1, -0.05) is 30.3 Å². The smallest absolute Gasteiger partial charge is 0.243 e. The number of hydrogen-bond donors (Lipinski definition) is 1. The lowest BCUT2D eigenvalue weighted by atomic mass is 9.88. The van der Waals surface area contributed by atoms with Crippen LogP contribution in [-0.2, 0) is 14.8 Å². The monoisotopic (exact) mass is 442 g/mol. The number of carbonyl (C=O) groups excluding carboxylic acids is 1. The van der Waals surface area contributed by atoms with E-state index < -0.39 is 15.6 Å². The van der Waals surface area contributed by atoms with E-state index in [9.17, 15) is 13.2 Å². The van der Waals surface area contributed by atoms with Crippen LogP contribution in [0.2, 0.25) is 0 Å². The molecule has 7 heteroatoms. The Balaban J connectivity index is 1.50. The molecule has 0 aromatic heterocycles. The molecule has 2 aromatic rings. The SMILES string of the molecule is Cc1ccc2c(c1)OC(C)(C)C[C@@H]2NC(=O)[C@H]1CCCN(S(=O)(=O)c2ccccc2)C1. The van der Waals surface area contributed by atoms with Crippen LogP contribution in [0.3, 0.4) is 0 Å². The Kier molecular flexibility index (Phi) is 5.83. The highest BCUT2D eigenvalue weighted by Gasteiger charge is 2.38. The van der Waals surface area contributed by atoms with Crippen molar-refractivity contribution in [2.75, 3.05) is 13.1 Å². The zero-order chi connectivity index (χ0) is 22.2. The number of ether oxygens (including phenoxy) is 1. The van der Waals surface area contributed by atoms with Crippen molar-refractivity contribution in [3.05, 3.63) is 59.7 Å². The van der Waals surface area contributed by atoms with E-state index in [2.05, 4.69) is 5.32 Å². The number of nitrogens with zero attached hydrogens (tertiary/aromatic N) is 1. The molecule has 4 rings (SSSR count). The molecule has 0 unspecified atom stereocenters. The minimum absolute atomic E-state index is 0.0952. The molecule has 0 aliphatic carbocycles. The fourth-order valence-electron chi connectivity index (χ4n) is 4.49. The summed E-state index contributed by atoms with van der Waals surface area (Å²) in [6.45, 7) is 6.70. The molecule has 1 N–H and O–H groups in total. The maximum atomic E-state index is 13.2. The minimum Gasteiger partial charge on any atom is -0.487 e. The number of amides is 1. The van der Waals surface area contributed by atoms with E-state index in [0.717, 1.165) is 16.9 Å². The summed E-state index contributed by atoms with van der Waals surface area (Å²) in [5.41, 5.74) is 1.69. The van der Waals surface area contributed by atoms with Crippen LogP contribution in [-0.4, -0.2) is 37.3 Å². The van der Waals surface area contributed by atoms with Crippen molar-refractivity contribution in [1.29, 1.82) is 0 Å². The third-order valence-electron chi connectivity index (χ3n) is 6.08. The van der Waals surface area contributed by atoms with Gasteiger partial charge < -0.3 is 10.1 Å². The molecule has 1 amide bonds. The molecule has 0 spiro atoms. The van der Waals surface area contributed by atoms with Gasteiger partial charge in [0.2, 0.25) is 15.9 Å². The average Bonchev–Trinajstić information content (AvgIpc) is 2.73. The lowest BCUT2D eigenvalue weighted by Crippen LogP contribution is -2.48. The standard InChI is InChI=1S/C24H30N2O4S/c1-17-11-12-20-21(15-24(2,3)30-22(20)14-17)25-23(27)18-8-7-13-26(16-18)31(28,29)19-9-5-4-6-10-19/h4-6,9-12,14,18,21H,7-8,13,15-16H2,1-3H3,(H,25,27)/t18-,21-/m0/s1. The van der Waals surface area contributed by atoms with Crippen LogP contribution in [0, 0.1) is 12.8 Å². The van der Waals surface area contributed by atoms with Crippen LogP contribution in [0.5, 0.6) is 5.75 Å². The van der Waals surface area contributed by atoms with Crippen LogP contribution in [0.15, 0.2) is 53.4 Å². The third-order valence-corrected chi connectivity index (χ3v) is 7.96. The molecule has 0 bridgehead atoms. The lowest BCUT2D eigenvalue weighted by molar-refractivity contribution is -0.127. The first-order valence-corrected chi connectivity index (χ1v) is 12.2. The summed E-state index contributed by atoms with van der Waals surface area (Å²) >= 11 is 0. The van der Waals surface area contributed by atoms with Crippen molar-refractivity contribution in [3.8, 4) is 5.75 Å². The number of sulfonamides is 1. The van der Waals surface area contributed by atoms with Crippen LogP contribution in [0.1, 0.15) is 50.3 Å². The predicted octanol–water partition coefficient (Wildman–Crippen LogP) is 3.81. The molecular weight excluding hydrogens is 412 g/mol. The molecule has 166 valence electrons. The van der Waals surface area contributed by atoms with Crippen LogP contribution in [0.4, 0.5) is 0 Å². The molecule has 0 saturated carbocycles. The van der Waals surface area contributed by atoms with Gasteiger partial charge in [0.05, 0.1) is 16.9 Å². The van der Waals surface area contributed by atoms with Gasteiger partial charge in [-0.25, -0.2) is 8.42 Å². The molecule has 2 atom stereocenters. The zero-order valence-corrected chi connectivity index (χ0v) is 19.1. The molecule has 2 aromatic carbocycles. The van der Waals surface area contributed by atoms with Gasteiger partial charge in [0.25, 0.3) is 0 Å². The Morgan fingerprint density at radius 3 is 2.65 bits per heavy atom. The molecule has 1 fully saturated rings. The van der Waals surface area contributed by atoms with Crippen molar-refractivity contribution in [1.82, 2.24) is 9.62 Å². The van der Waals surface area contributed by atoms with Gasteiger partial charge in [-0.05, 0) is 57.4 Å². The zero-order valence-electron chi connectivity index (χ0n) is 18.3. The molecule has 2 aliphatic rings. The molecule has 2 heterocycles. The molecule has 0 radical (unpaired) electrons. The summed E-state index contributed by atoms with van der Waals surface area (Å²) < 4.78 is 33.6. The number of rotatable bonds is 4. The highest BCUT2D eigenvalue weighted by molar-refractivity contribution is 7.89. The van der Waals surface area contributed by atoms with Gasteiger partial charge in [-0.15, -0.1) is 0 Å². The van der Waals surface area contributed by atoms with Crippen LogP contribution < -0.4 is 10.1 Å². The summed E-state index contributed by atoms with van der Waals surface area (Å²) in [6, 6.07) is 14.3. The van der Waals surface area contributed by atoms with Crippen molar-refractivity contribution < 1.29 is 17.9 Å². The average molecular weight is 443 g/mol. The van der Waals surface area contributed by atoms with Crippen molar-refractivity contribution in [2.45, 2.75) is 56.6 Å². The minimum atomic E-state index is -3.60. The molecule has 31 heavy (non-hydrogen) atoms. The summed E-state index contributed by atoms with van der Waals surface area (Å²) in [5.74, 6) is 0.341. The topological polar surface area (TPSA) is 75.7 Å². The second kappa shape index (κ2) is 8.28. The Labute approximate surface area is 184 Å². The second-order valence-electron chi connectivity index (χ2n) is 9.18. The number of hydrogen-bond acceptors (Lipinski definition) is 4. The summed E-state index contributed by atoms with van der Waals surface area (Å²) in [4.78, 5) is 13.5. The molecule has 6 nitrogen and oxygen atoms in total. The maximum absolute atomic E-state index is 13.2. The fraction of sp³-hybridized carbons (Fsp3) is 0.458. The number of benzene rings is 2. The summed E-state index contributed by atoms with van der Waals surface area (Å²) in [5, 5.41) is 3.19. The maximum Gasteiger partial charge on any atom is 0.243 e. The number of nitrogens with one attached hydrogen (secondary N) is 1. The van der Waals surface area contributed by atoms with E-state index in [1.54, 1.807) is 30.3 Å². The van der Waals surface area contributed by atoms with Gasteiger partial charge in [-0.2, -0.15) is 4.31 Å². The Hall–Kier alpha value is -2.38. The van der Waals surface area contributed by atoms with Crippen LogP contribution >= 0.6 is 0 Å². The number of piperidine rings is 1. The number of fused-ring (bicyclic) bond motifs is 1. The highest BCUT2D eigenvalue weighted by atomic mass is 32.2. The molecule has 2 aliphatic heterocycles. The van der Waals surface area contributed by atoms with E-state index in [1.807, 2.05) is 39.0 Å². The van der Waals surface area contributed by atoms with E-state index in [-0.39, 0.29) is 29.3 Å². The first-order valence-electron chi connectivity index (χ1n) is 10.8. The first kappa shape index (κ1) is 21.8. The predicted molar refractivity (Wildman–Crippen MR) is 119 cm³/mol. The van der Waals surface area contributed by atoms with E-state index >= 15 is 0 Å². The fourth-order valence-corrected chi connectivity index (χ4v) is 6.04. The Morgan fingerprint density at radius 2 is 1.90 bits per heavy atom. The van der Waals surface area contributed by atoms with Gasteiger partial charge in [-0.3, -0.25) is 4.79 Å². The quantitative estimate of drug-likeness (QED) is 0.781. The van der Waals surface area contributed by atoms with Gasteiger partial charge in [0, 0.05) is 25.1 Å². The Morgan fingerprint density at radius 1 is 1.16 bits per heavy atom. The van der Waals surface area contributed by atoms with Crippen molar-refractivity contribution >= 4 is 15.9 Å². The largest absolute Gasteiger partial charge is 0.487 e. The van der Waals surface area contributed by atoms with E-state index in [1.165, 1.54) is 4.31 Å². The molecular formula is C24H30N2O4S. The first-order chi connectivity index (χ1) is 14.7. The van der Waals surface area contributed by atoms with Gasteiger partial charge >= 0.3 is 0 Å². The highest BCUT2D eigenvalue weighted by Crippen LogP contribution is 2.40. The number of carbonyl (C=O) groups is 1. The van der Waals surface area contributed by atoms with Crippen molar-refractivity contribution in [2.24, 2.45) is 5.92 Å². The number of aryl methyl sites for hydroxylation is 1. The summed E-state index contributed by atoms with van der Waals surface area (Å²) in [7, 11) is -3.60. The van der Waals surface area contributed by atoms with Crippen LogP contribution in [0.25, 0.3) is 0 Å². The van der Waals surface area contributed by atoms with Gasteiger partial charge in [0.15, 0.2) is 0 Å². The summed E-state index contributed by atoms with van der Waals surface area (Å²) in [6.07, 6.45) is 2.01. The third kappa shape index (κ3) is 4.62. The second-order valence-corrected chi connectivity index (χ2v) is 11.1. The van der Waals surface area contributed by atoms with E-state index in [0.29, 0.717) is 25.8 Å². The Bertz CT molecular complexity index is 1070. The normalized spacial score (nSPS) is 23.5. The van der Waals surface area contributed by atoms with Gasteiger partial charge in [0.1, 0.15) is 11.4 Å². The van der Waals surface area contributed by atoms with E-state index in [4.69, 9.17) is 4.74 Å². The molecule has 1 saturated heterocycles. The lowest BCUT2D eigenvalue weighted by Gasteiger charge is -2.39.